The van der Waals surface area contributed by atoms with E-state index in [1.54, 1.807) is 0 Å². The molecule has 2 aliphatic rings. The molecular formula is C33H41Cl2N3O4. The van der Waals surface area contributed by atoms with Crippen molar-refractivity contribution in [3.8, 4) is 12.8 Å². The molecule has 3 rings (SSSR count). The minimum atomic E-state index is -0.250. The molecule has 1 aliphatic heterocycles. The normalized spacial score (nSPS) is 16.2. The van der Waals surface area contributed by atoms with Gasteiger partial charge in [0, 0.05) is 52.8 Å². The summed E-state index contributed by atoms with van der Waals surface area (Å²) in [6.07, 6.45) is 21.3. The molecule has 0 saturated heterocycles. The van der Waals surface area contributed by atoms with Gasteiger partial charge in [-0.05, 0) is 55.7 Å². The summed E-state index contributed by atoms with van der Waals surface area (Å²) in [6, 6.07) is 7.93. The molecule has 42 heavy (non-hydrogen) atoms. The second kappa shape index (κ2) is 20.2. The number of amides is 1. The fourth-order valence-electron chi connectivity index (χ4n) is 4.20. The van der Waals surface area contributed by atoms with Crippen molar-refractivity contribution in [3.05, 3.63) is 92.9 Å². The zero-order valence-electron chi connectivity index (χ0n) is 24.8. The number of halogens is 2. The topological polar surface area (TPSA) is 91.2 Å². The highest BCUT2D eigenvalue weighted by molar-refractivity contribution is 6.33. The number of carbonyl (C=O) groups excluding carboxylic acids is 1. The van der Waals surface area contributed by atoms with Crippen molar-refractivity contribution in [1.82, 2.24) is 10.2 Å². The lowest BCUT2D eigenvalue weighted by Gasteiger charge is -2.24. The Bertz CT molecular complexity index is 1240. The highest BCUT2D eigenvalue weighted by Crippen LogP contribution is 2.30. The van der Waals surface area contributed by atoms with Gasteiger partial charge in [0.2, 0.25) is 0 Å². The lowest BCUT2D eigenvalue weighted by Crippen LogP contribution is -2.27. The van der Waals surface area contributed by atoms with Gasteiger partial charge in [0.1, 0.15) is 12.4 Å². The van der Waals surface area contributed by atoms with Crippen LogP contribution >= 0.6 is 23.2 Å². The molecule has 0 fully saturated rings. The first-order valence-electron chi connectivity index (χ1n) is 13.7. The average molecular weight is 615 g/mol. The number of allylic oxidation sites excluding steroid dienone is 7. The van der Waals surface area contributed by atoms with Gasteiger partial charge in [-0.3, -0.25) is 14.6 Å². The third kappa shape index (κ3) is 11.6. The van der Waals surface area contributed by atoms with Gasteiger partial charge in [-0.1, -0.05) is 67.8 Å². The molecule has 1 aromatic rings. The minimum Gasteiger partial charge on any atom is -0.493 e. The quantitative estimate of drug-likeness (QED) is 0.154. The van der Waals surface area contributed by atoms with Crippen LogP contribution in [-0.2, 0) is 9.53 Å². The Morgan fingerprint density at radius 2 is 1.86 bits per heavy atom. The van der Waals surface area contributed by atoms with E-state index in [0.29, 0.717) is 36.7 Å². The molecule has 0 spiro atoms. The number of aliphatic imine (C=N–C) groups is 1. The number of terminal acetylenes is 1. The molecule has 1 heterocycles. The van der Waals surface area contributed by atoms with E-state index in [1.165, 1.54) is 5.56 Å². The van der Waals surface area contributed by atoms with Gasteiger partial charge in [0.25, 0.3) is 12.4 Å². The van der Waals surface area contributed by atoms with Crippen molar-refractivity contribution in [2.24, 2.45) is 4.99 Å². The number of nitrogens with zero attached hydrogens (tertiary/aromatic N) is 2. The van der Waals surface area contributed by atoms with Crippen molar-refractivity contribution < 1.29 is 19.4 Å². The largest absolute Gasteiger partial charge is 0.493 e. The van der Waals surface area contributed by atoms with Crippen LogP contribution in [0.4, 0.5) is 0 Å². The predicted molar refractivity (Wildman–Crippen MR) is 174 cm³/mol. The fraction of sp³-hybridized carbons (Fsp3) is 0.364. The summed E-state index contributed by atoms with van der Waals surface area (Å²) in [7, 11) is 2.06. The fourth-order valence-corrected chi connectivity index (χ4v) is 4.53. The third-order valence-electron chi connectivity index (χ3n) is 6.39. The first-order chi connectivity index (χ1) is 20.2. The Kier molecular flexibility index (Phi) is 17.5. The first-order valence-corrected chi connectivity index (χ1v) is 14.5. The molecule has 1 aliphatic carbocycles. The maximum absolute atomic E-state index is 12.3. The van der Waals surface area contributed by atoms with Gasteiger partial charge < -0.3 is 20.1 Å². The predicted octanol–water partition coefficient (Wildman–Crippen LogP) is 7.38. The molecule has 1 unspecified atom stereocenters. The Morgan fingerprint density at radius 3 is 2.48 bits per heavy atom. The van der Waals surface area contributed by atoms with E-state index in [2.05, 4.69) is 55.2 Å². The SMILES string of the molecule is C#C.CCCNC(=O)c1ccc(C(CCC)C2=NC/C(=C\C=C(/C)OCC3=CC=C(Cl)CC=C3Cl)N2C)cc1.O=CO. The number of hydrogen-bond donors (Lipinski definition) is 2. The molecule has 7 nitrogen and oxygen atoms in total. The van der Waals surface area contributed by atoms with Crippen LogP contribution in [0.3, 0.4) is 0 Å². The molecule has 1 aromatic carbocycles. The summed E-state index contributed by atoms with van der Waals surface area (Å²) < 4.78 is 5.94. The molecule has 1 atom stereocenters. The number of likely N-dealkylation sites (N-methyl/N-ethyl adjacent to an activating group) is 1. The number of amidine groups is 1. The number of rotatable bonds is 11. The van der Waals surface area contributed by atoms with Gasteiger partial charge >= 0.3 is 0 Å². The van der Waals surface area contributed by atoms with Gasteiger partial charge in [-0.15, -0.1) is 12.8 Å². The van der Waals surface area contributed by atoms with Crippen molar-refractivity contribution in [1.29, 1.82) is 0 Å². The molecule has 0 bridgehead atoms. The molecule has 9 heteroatoms. The molecule has 1 amide bonds. The van der Waals surface area contributed by atoms with Crippen LogP contribution in [0.15, 0.2) is 86.7 Å². The Morgan fingerprint density at radius 1 is 1.19 bits per heavy atom. The highest BCUT2D eigenvalue weighted by atomic mass is 35.5. The second-order valence-corrected chi connectivity index (χ2v) is 10.2. The third-order valence-corrected chi connectivity index (χ3v) is 7.07. The van der Waals surface area contributed by atoms with Crippen molar-refractivity contribution >= 4 is 41.4 Å². The summed E-state index contributed by atoms with van der Waals surface area (Å²) in [5, 5.41) is 11.2. The van der Waals surface area contributed by atoms with E-state index in [1.807, 2.05) is 50.3 Å². The summed E-state index contributed by atoms with van der Waals surface area (Å²) in [5.74, 6) is 1.98. The lowest BCUT2D eigenvalue weighted by atomic mass is 9.92. The number of carboxylic acid groups (broad SMARTS) is 1. The van der Waals surface area contributed by atoms with Gasteiger partial charge in [0.05, 0.1) is 12.3 Å². The molecule has 0 aromatic heterocycles. The number of ether oxygens (including phenoxy) is 1. The van der Waals surface area contributed by atoms with Crippen LogP contribution < -0.4 is 5.32 Å². The standard InChI is InChI=1S/C30H37Cl2N3O2.C2H2.CH2O2/c1-5-7-27(22-9-11-23(12-10-22)30(36)33-18-6-2)29-34-19-26(35(29)4)16-8-21(3)37-20-24-13-14-25(31)15-17-28(24)32;1-2;2-1-3/h8-14,16-17,27H,5-7,15,18-20H2,1-4H3,(H,33,36);1-2H;1H,(H,2,3)/b21-8+,26-16+;;. The Balaban J connectivity index is 0.00000165. The number of hydrogen-bond acceptors (Lipinski definition) is 5. The summed E-state index contributed by atoms with van der Waals surface area (Å²) in [4.78, 5) is 27.7. The summed E-state index contributed by atoms with van der Waals surface area (Å²) in [6.45, 7) is 7.60. The smallest absolute Gasteiger partial charge is 0.290 e. The van der Waals surface area contributed by atoms with Gasteiger partial charge in [-0.2, -0.15) is 0 Å². The number of carbonyl (C=O) groups is 2. The van der Waals surface area contributed by atoms with Crippen molar-refractivity contribution in [2.45, 2.75) is 52.4 Å². The maximum atomic E-state index is 12.3. The minimum absolute atomic E-state index is 0.0285. The molecule has 226 valence electrons. The van der Waals surface area contributed by atoms with Crippen LogP contribution in [0.2, 0.25) is 0 Å². The van der Waals surface area contributed by atoms with Crippen LogP contribution in [0.25, 0.3) is 0 Å². The Labute approximate surface area is 260 Å². The zero-order valence-corrected chi connectivity index (χ0v) is 26.3. The van der Waals surface area contributed by atoms with Crippen LogP contribution in [-0.4, -0.2) is 55.0 Å². The van der Waals surface area contributed by atoms with E-state index in [0.717, 1.165) is 47.2 Å². The molecular weight excluding hydrogens is 573 g/mol. The molecule has 0 saturated carbocycles. The molecule has 0 radical (unpaired) electrons. The number of nitrogens with one attached hydrogen (secondary N) is 1. The van der Waals surface area contributed by atoms with Crippen molar-refractivity contribution in [2.75, 3.05) is 26.7 Å². The van der Waals surface area contributed by atoms with E-state index in [4.69, 9.17) is 42.8 Å². The van der Waals surface area contributed by atoms with E-state index >= 15 is 0 Å². The van der Waals surface area contributed by atoms with Crippen LogP contribution in [0.5, 0.6) is 0 Å². The molecule has 2 N–H and O–H groups in total. The van der Waals surface area contributed by atoms with E-state index in [-0.39, 0.29) is 18.3 Å². The summed E-state index contributed by atoms with van der Waals surface area (Å²) >= 11 is 12.5. The van der Waals surface area contributed by atoms with Crippen molar-refractivity contribution in [3.63, 3.8) is 0 Å². The average Bonchev–Trinajstić information content (AvgIpc) is 3.28. The highest BCUT2D eigenvalue weighted by Gasteiger charge is 2.27. The van der Waals surface area contributed by atoms with Gasteiger partial charge in [0.15, 0.2) is 0 Å². The maximum Gasteiger partial charge on any atom is 0.290 e. The number of benzene rings is 1. The monoisotopic (exact) mass is 613 g/mol. The van der Waals surface area contributed by atoms with E-state index in [9.17, 15) is 4.79 Å². The second-order valence-electron chi connectivity index (χ2n) is 9.34. The Hall–Kier alpha value is -3.73. The van der Waals surface area contributed by atoms with Crippen LogP contribution in [0, 0.1) is 12.8 Å². The lowest BCUT2D eigenvalue weighted by molar-refractivity contribution is -0.122. The zero-order chi connectivity index (χ0) is 31.5. The van der Waals surface area contributed by atoms with E-state index < -0.39 is 0 Å². The van der Waals surface area contributed by atoms with Gasteiger partial charge in [-0.25, -0.2) is 0 Å². The summed E-state index contributed by atoms with van der Waals surface area (Å²) in [5.41, 5.74) is 3.87. The first kappa shape index (κ1) is 36.3. The van der Waals surface area contributed by atoms with Crippen LogP contribution in [0.1, 0.15) is 68.3 Å².